The molecule has 1 heterocycles. The van der Waals surface area contributed by atoms with E-state index < -0.39 is 0 Å². The number of hydrogen-bond donors (Lipinski definition) is 0. The normalized spacial score (nSPS) is 13.4. The number of benzene rings is 4. The number of carbonyl (C=O) groups is 1. The summed E-state index contributed by atoms with van der Waals surface area (Å²) in [5.41, 5.74) is 9.11. The average molecular weight is 900 g/mol. The molecule has 5 aromatic rings. The third kappa shape index (κ3) is 8.58. The minimum Gasteiger partial charge on any atom is -0.685 e. The number of fused-ring (bicyclic) bond motifs is 6. The first-order valence-electron chi connectivity index (χ1n) is 20.1. The fourth-order valence-corrected chi connectivity index (χ4v) is 7.95. The van der Waals surface area contributed by atoms with Crippen molar-refractivity contribution in [2.75, 3.05) is 0 Å². The van der Waals surface area contributed by atoms with Crippen LogP contribution in [0.1, 0.15) is 143 Å². The Balaban J connectivity index is 0.000000294. The van der Waals surface area contributed by atoms with Crippen molar-refractivity contribution in [1.29, 1.82) is 0 Å². The Morgan fingerprint density at radius 1 is 0.741 bits per heavy atom. The number of hydrogen-bond acceptors (Lipinski definition) is 3. The van der Waals surface area contributed by atoms with Crippen molar-refractivity contribution < 1.29 is 24.9 Å². The van der Waals surface area contributed by atoms with Crippen molar-refractivity contribution in [3.8, 4) is 22.4 Å². The van der Waals surface area contributed by atoms with Crippen LogP contribution in [0.2, 0.25) is 0 Å². The molecule has 5 heteroatoms. The summed E-state index contributed by atoms with van der Waals surface area (Å²) in [5, 5.41) is 9.66. The summed E-state index contributed by atoms with van der Waals surface area (Å²) < 4.78 is 0. The van der Waals surface area contributed by atoms with Gasteiger partial charge in [0.25, 0.3) is 0 Å². The maximum absolute atomic E-state index is 12.2. The van der Waals surface area contributed by atoms with Gasteiger partial charge in [-0.25, -0.2) is 4.98 Å². The van der Waals surface area contributed by atoms with E-state index >= 15 is 0 Å². The number of rotatable bonds is 12. The van der Waals surface area contributed by atoms with Gasteiger partial charge in [0.1, 0.15) is 5.82 Å². The van der Waals surface area contributed by atoms with Crippen LogP contribution < -0.4 is 0 Å². The number of carbonyl (C=O) groups excluding carboxylic acids is 1. The van der Waals surface area contributed by atoms with Gasteiger partial charge >= 0.3 is 0 Å². The van der Waals surface area contributed by atoms with Crippen LogP contribution in [0.3, 0.4) is 0 Å². The summed E-state index contributed by atoms with van der Waals surface area (Å²) in [6, 6.07) is 28.1. The second-order valence-corrected chi connectivity index (χ2v) is 16.2. The molecule has 0 N–H and O–H groups in total. The molecule has 6 rings (SSSR count). The van der Waals surface area contributed by atoms with Gasteiger partial charge in [-0.1, -0.05) is 173 Å². The first-order valence-corrected chi connectivity index (χ1v) is 20.1. The zero-order valence-corrected chi connectivity index (χ0v) is 37.1. The predicted molar refractivity (Wildman–Crippen MR) is 227 cm³/mol. The molecule has 4 aromatic carbocycles. The van der Waals surface area contributed by atoms with Crippen LogP contribution in [0.15, 0.2) is 78.5 Å². The number of aromatic nitrogens is 2. The van der Waals surface area contributed by atoms with Gasteiger partial charge in [0.2, 0.25) is 0 Å². The van der Waals surface area contributed by atoms with Crippen LogP contribution in [-0.4, -0.2) is 21.8 Å². The van der Waals surface area contributed by atoms with E-state index in [1.54, 1.807) is 0 Å². The predicted octanol–water partition coefficient (Wildman–Crippen LogP) is 13.9. The van der Waals surface area contributed by atoms with E-state index in [1.807, 2.05) is 6.08 Å². The Labute approximate surface area is 339 Å². The molecule has 1 radical (unpaired) electrons. The van der Waals surface area contributed by atoms with Gasteiger partial charge < -0.3 is 5.32 Å². The topological polar surface area (TPSA) is 57.0 Å². The minimum atomic E-state index is -0.205. The Morgan fingerprint density at radius 3 is 1.91 bits per heavy atom. The van der Waals surface area contributed by atoms with Gasteiger partial charge in [0, 0.05) is 43.1 Å². The Hall–Kier alpha value is -3.66. The fraction of sp³-hybridized carbons (Fsp3) is 0.449. The molecule has 0 bridgehead atoms. The van der Waals surface area contributed by atoms with Crippen molar-refractivity contribution in [2.45, 2.75) is 132 Å². The zero-order valence-electron chi connectivity index (χ0n) is 34.7. The quantitative estimate of drug-likeness (QED) is 0.0926. The second kappa shape index (κ2) is 18.3. The zero-order chi connectivity index (χ0) is 38.6. The summed E-state index contributed by atoms with van der Waals surface area (Å²) in [6.07, 6.45) is 5.76. The monoisotopic (exact) mass is 900 g/mol. The maximum Gasteiger partial charge on any atom is 0.157 e. The van der Waals surface area contributed by atoms with E-state index in [2.05, 4.69) is 161 Å². The minimum absolute atomic E-state index is 0. The van der Waals surface area contributed by atoms with Crippen LogP contribution in [-0.2, 0) is 30.3 Å². The van der Waals surface area contributed by atoms with Crippen molar-refractivity contribution in [3.05, 3.63) is 113 Å². The van der Waals surface area contributed by atoms with Gasteiger partial charge in [0.15, 0.2) is 5.78 Å². The van der Waals surface area contributed by atoms with Gasteiger partial charge in [-0.3, -0.25) is 9.78 Å². The van der Waals surface area contributed by atoms with Gasteiger partial charge in [-0.15, -0.1) is 29.3 Å². The average Bonchev–Trinajstić information content (AvgIpc) is 3.38. The molecular formula is C49H61IrN3O-2. The molecule has 0 atom stereocenters. The van der Waals surface area contributed by atoms with E-state index in [0.717, 1.165) is 54.2 Å². The van der Waals surface area contributed by atoms with Crippen LogP contribution in [0.25, 0.3) is 49.2 Å². The smallest absolute Gasteiger partial charge is 0.157 e. The first-order chi connectivity index (χ1) is 25.3. The SMILES string of the molecule is CC(C)c1nc(-c2[c-]cc(C(C)C)c3ccccc23)c2c(n1)C(C)(C)c1ccc3ccccc3c1-2.CCC(CC)C(=O)/C=C(\[N-]C(C)C)C(CC)CC.[Ir]. The molecule has 0 unspecified atom stereocenters. The molecule has 0 saturated carbocycles. The molecule has 4 nitrogen and oxygen atoms in total. The molecule has 0 fully saturated rings. The first kappa shape index (κ1) is 43.1. The standard InChI is InChI=1S/C33H31N2.C16H31NO.Ir/c1-19(2)22-16-17-26(25-14-10-9-13-24(22)25)30-29-28-23-12-8-7-11-21(23)15-18-27(28)33(5,6)31(29)35-32(34-30)20(3)4;1-7-13(8-2)15(17-12(5)6)11-16(18)14(9-3)10-4;/h7-16,18-20H,1-6H3;11-14H,7-10H2,1-6H3,(H,17,18);/q-1;;/p-1. The van der Waals surface area contributed by atoms with Gasteiger partial charge in [0.05, 0.1) is 5.69 Å². The molecule has 0 saturated heterocycles. The number of ketones is 1. The molecule has 1 aromatic heterocycles. The maximum atomic E-state index is 12.2. The molecule has 0 aliphatic heterocycles. The summed E-state index contributed by atoms with van der Waals surface area (Å²) >= 11 is 0. The van der Waals surface area contributed by atoms with E-state index in [9.17, 15) is 4.79 Å². The second-order valence-electron chi connectivity index (χ2n) is 16.2. The molecule has 1 aliphatic carbocycles. The molecule has 289 valence electrons. The number of nitrogens with zero attached hydrogens (tertiary/aromatic N) is 3. The Morgan fingerprint density at radius 2 is 1.33 bits per heavy atom. The van der Waals surface area contributed by atoms with E-state index in [-0.39, 0.29) is 49.2 Å². The summed E-state index contributed by atoms with van der Waals surface area (Å²) in [4.78, 5) is 22.7. The molecule has 1 aliphatic rings. The van der Waals surface area contributed by atoms with Crippen molar-refractivity contribution in [1.82, 2.24) is 9.97 Å². The van der Waals surface area contributed by atoms with Crippen LogP contribution >= 0.6 is 0 Å². The van der Waals surface area contributed by atoms with Gasteiger partial charge in [-0.2, -0.15) is 5.70 Å². The van der Waals surface area contributed by atoms with Crippen LogP contribution in [0, 0.1) is 17.9 Å². The van der Waals surface area contributed by atoms with Crippen molar-refractivity contribution in [3.63, 3.8) is 0 Å². The van der Waals surface area contributed by atoms with E-state index in [1.165, 1.54) is 43.8 Å². The Kier molecular flexibility index (Phi) is 14.6. The van der Waals surface area contributed by atoms with Crippen LogP contribution in [0.4, 0.5) is 0 Å². The third-order valence-electron chi connectivity index (χ3n) is 11.1. The number of allylic oxidation sites excluding steroid dienone is 2. The molecule has 0 amide bonds. The molecular weight excluding hydrogens is 839 g/mol. The summed E-state index contributed by atoms with van der Waals surface area (Å²) in [5.74, 6) is 2.40. The molecule has 54 heavy (non-hydrogen) atoms. The molecule has 0 spiro atoms. The van der Waals surface area contributed by atoms with Gasteiger partial charge in [-0.05, 0) is 52.3 Å². The van der Waals surface area contributed by atoms with Crippen molar-refractivity contribution >= 4 is 27.3 Å². The summed E-state index contributed by atoms with van der Waals surface area (Å²) in [6.45, 7) is 26.1. The fourth-order valence-electron chi connectivity index (χ4n) is 7.95. The van der Waals surface area contributed by atoms with Crippen molar-refractivity contribution in [2.24, 2.45) is 11.8 Å². The Bertz CT molecular complexity index is 2100. The van der Waals surface area contributed by atoms with Crippen LogP contribution in [0.5, 0.6) is 0 Å². The summed E-state index contributed by atoms with van der Waals surface area (Å²) in [7, 11) is 0. The van der Waals surface area contributed by atoms with E-state index in [4.69, 9.17) is 9.97 Å². The largest absolute Gasteiger partial charge is 0.685 e. The van der Waals surface area contributed by atoms with E-state index in [0.29, 0.717) is 11.8 Å². The third-order valence-corrected chi connectivity index (χ3v) is 11.1.